The number of amides is 2. The first kappa shape index (κ1) is 30.3. The first-order valence-corrected chi connectivity index (χ1v) is 13.6. The number of carbonyl (C=O) groups is 3. The molecule has 0 fully saturated rings. The van der Waals surface area contributed by atoms with E-state index in [2.05, 4.69) is 11.9 Å². The number of aliphatic hydroxyl groups excluding tert-OH is 2. The van der Waals surface area contributed by atoms with E-state index in [-0.39, 0.29) is 38.4 Å². The lowest BCUT2D eigenvalue weighted by molar-refractivity contribution is -0.139. The Bertz CT molecular complexity index is 1200. The van der Waals surface area contributed by atoms with Crippen LogP contribution in [0.2, 0.25) is 0 Å². The van der Waals surface area contributed by atoms with E-state index in [0.29, 0.717) is 38.9 Å². The lowest BCUT2D eigenvalue weighted by Crippen LogP contribution is -2.54. The molecule has 3 atom stereocenters. The van der Waals surface area contributed by atoms with Crippen LogP contribution in [0.25, 0.3) is 0 Å². The van der Waals surface area contributed by atoms with Gasteiger partial charge in [-0.05, 0) is 52.8 Å². The fourth-order valence-corrected chi connectivity index (χ4v) is 5.13. The number of hydrogen-bond donors (Lipinski definition) is 3. The Morgan fingerprint density at radius 3 is 2.64 bits per heavy atom. The highest BCUT2D eigenvalue weighted by atomic mass is 127. The Hall–Kier alpha value is -3.22. The van der Waals surface area contributed by atoms with Gasteiger partial charge in [0.25, 0.3) is 0 Å². The number of nitrogens with one attached hydrogen (secondary N) is 1. The van der Waals surface area contributed by atoms with Crippen LogP contribution in [0, 0.1) is 3.57 Å². The highest BCUT2D eigenvalue weighted by molar-refractivity contribution is 14.1. The first-order chi connectivity index (χ1) is 18.8. The summed E-state index contributed by atoms with van der Waals surface area (Å²) in [7, 11) is 1.44. The van der Waals surface area contributed by atoms with Gasteiger partial charge < -0.3 is 29.9 Å². The quantitative estimate of drug-likeness (QED) is 0.173. The van der Waals surface area contributed by atoms with Crippen LogP contribution in [0.5, 0.6) is 11.5 Å². The van der Waals surface area contributed by atoms with Gasteiger partial charge in [0.1, 0.15) is 18.5 Å². The maximum atomic E-state index is 13.4. The Morgan fingerprint density at radius 2 is 2.00 bits per heavy atom. The van der Waals surface area contributed by atoms with Gasteiger partial charge in [0.05, 0.1) is 23.3 Å². The Morgan fingerprint density at radius 1 is 1.26 bits per heavy atom. The van der Waals surface area contributed by atoms with Gasteiger partial charge in [-0.3, -0.25) is 14.4 Å². The van der Waals surface area contributed by atoms with Crippen molar-refractivity contribution in [2.45, 2.75) is 44.1 Å². The van der Waals surface area contributed by atoms with Gasteiger partial charge in [-0.15, -0.1) is 6.58 Å². The van der Waals surface area contributed by atoms with Crippen molar-refractivity contribution in [2.24, 2.45) is 0 Å². The largest absolute Gasteiger partial charge is 0.493 e. The molecule has 0 aliphatic heterocycles. The van der Waals surface area contributed by atoms with Crippen molar-refractivity contribution in [1.29, 1.82) is 0 Å². The molecule has 0 saturated heterocycles. The van der Waals surface area contributed by atoms with Crippen molar-refractivity contribution >= 4 is 40.7 Å². The topological polar surface area (TPSA) is 125 Å². The summed E-state index contributed by atoms with van der Waals surface area (Å²) < 4.78 is 12.2. The molecule has 0 radical (unpaired) electrons. The molecular weight excluding hydrogens is 615 g/mol. The molecule has 1 aliphatic carbocycles. The fourth-order valence-electron chi connectivity index (χ4n) is 4.38. The minimum Gasteiger partial charge on any atom is -0.493 e. The molecule has 0 bridgehead atoms. The molecule has 0 heterocycles. The van der Waals surface area contributed by atoms with Crippen LogP contribution in [0.4, 0.5) is 0 Å². The van der Waals surface area contributed by atoms with Crippen LogP contribution in [0.15, 0.2) is 66.8 Å². The van der Waals surface area contributed by atoms with Crippen molar-refractivity contribution < 1.29 is 34.1 Å². The van der Waals surface area contributed by atoms with Crippen molar-refractivity contribution in [1.82, 2.24) is 10.2 Å². The number of hydrogen-bond acceptors (Lipinski definition) is 7. The highest BCUT2D eigenvalue weighted by Gasteiger charge is 2.40. The molecule has 0 spiro atoms. The average Bonchev–Trinajstić information content (AvgIpc) is 2.95. The van der Waals surface area contributed by atoms with Gasteiger partial charge in [-0.25, -0.2) is 0 Å². The molecule has 1 aliphatic rings. The molecule has 208 valence electrons. The summed E-state index contributed by atoms with van der Waals surface area (Å²) in [6.07, 6.45) is 2.42. The molecule has 39 heavy (non-hydrogen) atoms. The Balaban J connectivity index is 2.03. The summed E-state index contributed by atoms with van der Waals surface area (Å²) in [5, 5.41) is 23.4. The van der Waals surface area contributed by atoms with Gasteiger partial charge in [0.15, 0.2) is 11.5 Å². The zero-order chi connectivity index (χ0) is 28.4. The third-order valence-electron chi connectivity index (χ3n) is 6.33. The number of ether oxygens (including phenoxy) is 2. The zero-order valence-electron chi connectivity index (χ0n) is 21.7. The highest BCUT2D eigenvalue weighted by Crippen LogP contribution is 2.37. The third kappa shape index (κ3) is 7.90. The normalized spacial score (nSPS) is 18.5. The van der Waals surface area contributed by atoms with E-state index >= 15 is 0 Å². The van der Waals surface area contributed by atoms with Crippen molar-refractivity contribution in [3.05, 3.63) is 81.5 Å². The van der Waals surface area contributed by atoms with Gasteiger partial charge >= 0.3 is 0 Å². The van der Waals surface area contributed by atoms with Crippen LogP contribution in [-0.2, 0) is 16.1 Å². The Labute approximate surface area is 241 Å². The van der Waals surface area contributed by atoms with E-state index < -0.39 is 24.2 Å². The second kappa shape index (κ2) is 14.8. The van der Waals surface area contributed by atoms with E-state index in [1.165, 1.54) is 19.3 Å². The van der Waals surface area contributed by atoms with Crippen molar-refractivity contribution in [3.63, 3.8) is 0 Å². The Kier molecular flexibility index (Phi) is 11.5. The minimum absolute atomic E-state index is 0.0553. The molecule has 3 N–H and O–H groups in total. The van der Waals surface area contributed by atoms with Crippen molar-refractivity contribution in [3.8, 4) is 11.5 Å². The summed E-state index contributed by atoms with van der Waals surface area (Å²) in [4.78, 5) is 39.3. The lowest BCUT2D eigenvalue weighted by atomic mass is 9.87. The summed E-state index contributed by atoms with van der Waals surface area (Å²) in [6, 6.07) is 11.8. The van der Waals surface area contributed by atoms with Gasteiger partial charge in [-0.2, -0.15) is 0 Å². The molecule has 0 unspecified atom stereocenters. The summed E-state index contributed by atoms with van der Waals surface area (Å²) >= 11 is 2.01. The lowest BCUT2D eigenvalue weighted by Gasteiger charge is -2.40. The maximum absolute atomic E-state index is 13.4. The van der Waals surface area contributed by atoms with Gasteiger partial charge in [-0.1, -0.05) is 36.4 Å². The van der Waals surface area contributed by atoms with E-state index in [0.717, 1.165) is 5.56 Å². The molecule has 2 aromatic carbocycles. The van der Waals surface area contributed by atoms with Gasteiger partial charge in [0.2, 0.25) is 11.8 Å². The second-order valence-corrected chi connectivity index (χ2v) is 10.2. The van der Waals surface area contributed by atoms with E-state index in [1.54, 1.807) is 17.0 Å². The maximum Gasteiger partial charge on any atom is 0.247 e. The number of nitrogens with zero attached hydrogens (tertiary/aromatic N) is 1. The average molecular weight is 648 g/mol. The number of rotatable bonds is 13. The van der Waals surface area contributed by atoms with Crippen LogP contribution >= 0.6 is 22.6 Å². The van der Waals surface area contributed by atoms with E-state index in [1.807, 2.05) is 52.9 Å². The molecule has 0 aromatic heterocycles. The summed E-state index contributed by atoms with van der Waals surface area (Å²) in [6.45, 7) is 3.76. The molecule has 2 aromatic rings. The molecule has 10 heteroatoms. The van der Waals surface area contributed by atoms with Crippen LogP contribution in [-0.4, -0.2) is 71.7 Å². The number of halogens is 1. The molecule has 3 rings (SSSR count). The first-order valence-electron chi connectivity index (χ1n) is 12.5. The number of methoxy groups -OCH3 is 1. The summed E-state index contributed by atoms with van der Waals surface area (Å²) in [5.74, 6) is -0.0275. The predicted molar refractivity (Wildman–Crippen MR) is 155 cm³/mol. The van der Waals surface area contributed by atoms with Crippen molar-refractivity contribution in [2.75, 3.05) is 20.3 Å². The van der Waals surface area contributed by atoms with Gasteiger partial charge in [0, 0.05) is 37.1 Å². The van der Waals surface area contributed by atoms with Crippen LogP contribution in [0.3, 0.4) is 0 Å². The molecule has 0 saturated carbocycles. The zero-order valence-corrected chi connectivity index (χ0v) is 23.9. The van der Waals surface area contributed by atoms with E-state index in [4.69, 9.17) is 9.47 Å². The monoisotopic (exact) mass is 648 g/mol. The number of carbonyl (C=O) groups excluding carboxylic acids is 3. The van der Waals surface area contributed by atoms with E-state index in [9.17, 15) is 24.6 Å². The SMILES string of the molecule is C=CCCC(=O)N(Cc1ccccc1)[C@@H]1CC(C(=O)NCCO)=C[C@H](Oc2c(I)cc(C=O)cc2OC)[C@H]1O. The number of allylic oxidation sites excluding steroid dienone is 1. The summed E-state index contributed by atoms with van der Waals surface area (Å²) in [5.41, 5.74) is 1.58. The standard InChI is InChI=1S/C29H33IN2O7/c1-3-4-10-26(35)32(17-19-8-6-5-7-9-19)23-15-21(29(37)31-11-12-33)16-24(27(23)36)39-28-22(30)13-20(18-34)14-25(28)38-2/h3,5-9,13-14,16,18,23-24,27,33,36H,1,4,10-12,15,17H2,2H3,(H,31,37)/t23-,24+,27+/m1/s1. The van der Waals surface area contributed by atoms with Crippen LogP contribution < -0.4 is 14.8 Å². The number of benzene rings is 2. The smallest absolute Gasteiger partial charge is 0.247 e. The molecular formula is C29H33IN2O7. The number of aldehydes is 1. The predicted octanol–water partition coefficient (Wildman–Crippen LogP) is 3.02. The minimum atomic E-state index is -1.19. The number of aliphatic hydroxyl groups is 2. The van der Waals surface area contributed by atoms with Crippen LogP contribution in [0.1, 0.15) is 35.2 Å². The molecule has 9 nitrogen and oxygen atoms in total. The third-order valence-corrected chi connectivity index (χ3v) is 7.14. The molecule has 2 amide bonds. The fraction of sp³-hybridized carbons (Fsp3) is 0.345. The second-order valence-electron chi connectivity index (χ2n) is 9.00.